The molecule has 0 spiro atoms. The van der Waals surface area contributed by atoms with Crippen LogP contribution >= 0.6 is 0 Å². The highest BCUT2D eigenvalue weighted by Crippen LogP contribution is 2.36. The van der Waals surface area contributed by atoms with E-state index in [1.165, 1.54) is 24.8 Å². The molecular weight excluding hydrogens is 246 g/mol. The van der Waals surface area contributed by atoms with Crippen LogP contribution in [-0.2, 0) is 0 Å². The molecule has 1 saturated carbocycles. The van der Waals surface area contributed by atoms with E-state index in [2.05, 4.69) is 18.2 Å². The first-order chi connectivity index (χ1) is 9.78. The lowest BCUT2D eigenvalue weighted by molar-refractivity contribution is 0.220. The maximum Gasteiger partial charge on any atom is 0.104 e. The Bertz CT molecular complexity index is 635. The minimum Gasteiger partial charge on any atom is -0.384 e. The van der Waals surface area contributed by atoms with E-state index in [9.17, 15) is 5.11 Å². The van der Waals surface area contributed by atoms with Gasteiger partial charge in [0.2, 0.25) is 0 Å². The maximum absolute atomic E-state index is 10.4. The molecule has 20 heavy (non-hydrogen) atoms. The Hall–Kier alpha value is -2.11. The lowest BCUT2D eigenvalue weighted by atomic mass is 9.80. The topological polar surface area (TPSA) is 44.0 Å². The molecule has 3 rings (SSSR count). The van der Waals surface area contributed by atoms with E-state index in [0.717, 1.165) is 11.1 Å². The van der Waals surface area contributed by atoms with Crippen molar-refractivity contribution in [3.05, 3.63) is 70.8 Å². The van der Waals surface area contributed by atoms with Crippen LogP contribution in [-0.4, -0.2) is 5.11 Å². The van der Waals surface area contributed by atoms with Gasteiger partial charge in [0.15, 0.2) is 0 Å². The van der Waals surface area contributed by atoms with E-state index in [1.807, 2.05) is 18.2 Å². The minimum absolute atomic E-state index is 0.577. The van der Waals surface area contributed by atoms with E-state index in [1.54, 1.807) is 18.2 Å². The van der Waals surface area contributed by atoms with Gasteiger partial charge in [0, 0.05) is 0 Å². The predicted molar refractivity (Wildman–Crippen MR) is 78.3 cm³/mol. The van der Waals surface area contributed by atoms with Gasteiger partial charge in [-0.25, -0.2) is 0 Å². The molecule has 2 aromatic carbocycles. The highest BCUT2D eigenvalue weighted by Gasteiger charge is 2.19. The first kappa shape index (κ1) is 12.9. The van der Waals surface area contributed by atoms with Crippen LogP contribution in [0.5, 0.6) is 0 Å². The summed E-state index contributed by atoms with van der Waals surface area (Å²) < 4.78 is 0. The van der Waals surface area contributed by atoms with Crippen molar-refractivity contribution < 1.29 is 5.11 Å². The van der Waals surface area contributed by atoms with E-state index in [-0.39, 0.29) is 0 Å². The molecular formula is C18H17NO. The van der Waals surface area contributed by atoms with Gasteiger partial charge in [0.05, 0.1) is 11.6 Å². The Morgan fingerprint density at radius 3 is 2.40 bits per heavy atom. The van der Waals surface area contributed by atoms with E-state index < -0.39 is 6.10 Å². The van der Waals surface area contributed by atoms with E-state index >= 15 is 0 Å². The molecule has 1 fully saturated rings. The molecule has 0 bridgehead atoms. The lowest BCUT2D eigenvalue weighted by Crippen LogP contribution is -2.09. The average molecular weight is 263 g/mol. The van der Waals surface area contributed by atoms with Crippen molar-refractivity contribution in [1.29, 1.82) is 5.26 Å². The fraction of sp³-hybridized carbons (Fsp3) is 0.278. The average Bonchev–Trinajstić information content (AvgIpc) is 2.45. The van der Waals surface area contributed by atoms with Gasteiger partial charge in [-0.1, -0.05) is 42.8 Å². The molecule has 0 amide bonds. The van der Waals surface area contributed by atoms with Crippen LogP contribution in [0.25, 0.3) is 0 Å². The summed E-state index contributed by atoms with van der Waals surface area (Å²) in [6, 6.07) is 17.5. The smallest absolute Gasteiger partial charge is 0.104 e. The molecule has 1 aliphatic rings. The molecule has 2 heteroatoms. The van der Waals surface area contributed by atoms with Crippen LogP contribution in [0.4, 0.5) is 0 Å². The van der Waals surface area contributed by atoms with Crippen LogP contribution in [0.2, 0.25) is 0 Å². The van der Waals surface area contributed by atoms with Crippen molar-refractivity contribution in [2.45, 2.75) is 31.3 Å². The molecule has 1 atom stereocenters. The molecule has 0 aliphatic heterocycles. The lowest BCUT2D eigenvalue weighted by Gasteiger charge is -2.26. The SMILES string of the molecule is N#Cc1cccc(C(O)c2ccc(C3CCC3)cc2)c1. The van der Waals surface area contributed by atoms with Crippen LogP contribution in [0.3, 0.4) is 0 Å². The predicted octanol–water partition coefficient (Wildman–Crippen LogP) is 3.91. The summed E-state index contributed by atoms with van der Waals surface area (Å²) in [6.45, 7) is 0. The Morgan fingerprint density at radius 2 is 1.80 bits per heavy atom. The number of benzene rings is 2. The first-order valence-corrected chi connectivity index (χ1v) is 7.06. The van der Waals surface area contributed by atoms with E-state index in [0.29, 0.717) is 11.5 Å². The molecule has 0 aromatic heterocycles. The number of hydrogen-bond donors (Lipinski definition) is 1. The molecule has 1 unspecified atom stereocenters. The fourth-order valence-electron chi connectivity index (χ4n) is 2.66. The van der Waals surface area contributed by atoms with Crippen LogP contribution in [0.1, 0.15) is 53.5 Å². The minimum atomic E-state index is -0.668. The summed E-state index contributed by atoms with van der Waals surface area (Å²) in [5.41, 5.74) is 3.59. The number of hydrogen-bond acceptors (Lipinski definition) is 2. The molecule has 2 aromatic rings. The molecule has 0 radical (unpaired) electrons. The van der Waals surface area contributed by atoms with Crippen LogP contribution < -0.4 is 0 Å². The monoisotopic (exact) mass is 263 g/mol. The summed E-state index contributed by atoms with van der Waals surface area (Å²) in [7, 11) is 0. The van der Waals surface area contributed by atoms with Gasteiger partial charge in [0.1, 0.15) is 6.10 Å². The van der Waals surface area contributed by atoms with E-state index in [4.69, 9.17) is 5.26 Å². The highest BCUT2D eigenvalue weighted by molar-refractivity contribution is 5.38. The van der Waals surface area contributed by atoms with Gasteiger partial charge < -0.3 is 5.11 Å². The van der Waals surface area contributed by atoms with Crippen LogP contribution in [0, 0.1) is 11.3 Å². The Balaban J connectivity index is 1.82. The second-order valence-electron chi connectivity index (χ2n) is 5.43. The fourth-order valence-corrected chi connectivity index (χ4v) is 2.66. The third kappa shape index (κ3) is 2.45. The van der Waals surface area contributed by atoms with Crippen molar-refractivity contribution in [3.63, 3.8) is 0 Å². The summed E-state index contributed by atoms with van der Waals surface area (Å²) in [5, 5.41) is 19.3. The van der Waals surface area contributed by atoms with Crippen molar-refractivity contribution in [3.8, 4) is 6.07 Å². The van der Waals surface area contributed by atoms with Gasteiger partial charge in [-0.2, -0.15) is 5.26 Å². The standard InChI is InChI=1S/C18H17NO/c19-12-13-3-1-6-17(11-13)18(20)16-9-7-15(8-10-16)14-4-2-5-14/h1,3,6-11,14,18,20H,2,4-5H2. The van der Waals surface area contributed by atoms with Gasteiger partial charge in [-0.15, -0.1) is 0 Å². The summed E-state index contributed by atoms with van der Waals surface area (Å²) in [6.07, 6.45) is 3.23. The van der Waals surface area contributed by atoms with Gasteiger partial charge >= 0.3 is 0 Å². The van der Waals surface area contributed by atoms with Crippen molar-refractivity contribution in [1.82, 2.24) is 0 Å². The molecule has 1 N–H and O–H groups in total. The van der Waals surface area contributed by atoms with Gasteiger partial charge in [0.25, 0.3) is 0 Å². The molecule has 0 heterocycles. The summed E-state index contributed by atoms with van der Waals surface area (Å²) in [4.78, 5) is 0. The largest absolute Gasteiger partial charge is 0.384 e. The number of rotatable bonds is 3. The zero-order valence-electron chi connectivity index (χ0n) is 11.3. The molecule has 2 nitrogen and oxygen atoms in total. The second kappa shape index (κ2) is 5.48. The summed E-state index contributed by atoms with van der Waals surface area (Å²) in [5.74, 6) is 0.711. The Labute approximate surface area is 119 Å². The maximum atomic E-state index is 10.4. The van der Waals surface area contributed by atoms with Crippen molar-refractivity contribution >= 4 is 0 Å². The highest BCUT2D eigenvalue weighted by atomic mass is 16.3. The number of nitriles is 1. The number of nitrogens with zero attached hydrogens (tertiary/aromatic N) is 1. The zero-order chi connectivity index (χ0) is 13.9. The number of aliphatic hydroxyl groups is 1. The van der Waals surface area contributed by atoms with Crippen molar-refractivity contribution in [2.75, 3.05) is 0 Å². The molecule has 1 aliphatic carbocycles. The third-order valence-electron chi connectivity index (χ3n) is 4.16. The van der Waals surface area contributed by atoms with Crippen LogP contribution in [0.15, 0.2) is 48.5 Å². The second-order valence-corrected chi connectivity index (χ2v) is 5.43. The molecule has 100 valence electrons. The zero-order valence-corrected chi connectivity index (χ0v) is 11.3. The Morgan fingerprint density at radius 1 is 1.05 bits per heavy atom. The normalized spacial score (nSPS) is 16.2. The van der Waals surface area contributed by atoms with Gasteiger partial charge in [-0.05, 0) is 47.6 Å². The third-order valence-corrected chi connectivity index (χ3v) is 4.16. The Kier molecular flexibility index (Phi) is 3.54. The summed E-state index contributed by atoms with van der Waals surface area (Å²) >= 11 is 0. The van der Waals surface area contributed by atoms with Crippen molar-refractivity contribution in [2.24, 2.45) is 0 Å². The molecule has 0 saturated heterocycles. The quantitative estimate of drug-likeness (QED) is 0.912. The van der Waals surface area contributed by atoms with Gasteiger partial charge in [-0.3, -0.25) is 0 Å². The number of aliphatic hydroxyl groups excluding tert-OH is 1. The first-order valence-electron chi connectivity index (χ1n) is 7.06.